The third-order valence-corrected chi connectivity index (χ3v) is 3.92. The van der Waals surface area contributed by atoms with Crippen molar-refractivity contribution in [1.82, 2.24) is 15.6 Å². The number of aryl methyl sites for hydroxylation is 1. The van der Waals surface area contributed by atoms with E-state index in [4.69, 9.17) is 0 Å². The molecule has 5 nitrogen and oxygen atoms in total. The van der Waals surface area contributed by atoms with E-state index in [1.54, 1.807) is 0 Å². The molecule has 22 heavy (non-hydrogen) atoms. The number of nitrogens with one attached hydrogen (secondary N) is 2. The van der Waals surface area contributed by atoms with Crippen LogP contribution < -0.4 is 5.43 Å². The molecule has 1 amide bonds. The highest BCUT2D eigenvalue weighted by molar-refractivity contribution is 5.95. The van der Waals surface area contributed by atoms with Crippen molar-refractivity contribution in [2.75, 3.05) is 0 Å². The van der Waals surface area contributed by atoms with E-state index >= 15 is 0 Å². The molecule has 1 heterocycles. The predicted molar refractivity (Wildman–Crippen MR) is 86.0 cm³/mol. The Morgan fingerprint density at radius 3 is 2.86 bits per heavy atom. The van der Waals surface area contributed by atoms with Crippen LogP contribution in [0.15, 0.2) is 35.4 Å². The van der Waals surface area contributed by atoms with E-state index in [1.807, 2.05) is 37.3 Å². The van der Waals surface area contributed by atoms with Gasteiger partial charge in [-0.15, -0.1) is 0 Å². The second-order valence-electron chi connectivity index (χ2n) is 5.69. The molecule has 0 spiro atoms. The van der Waals surface area contributed by atoms with Gasteiger partial charge in [0.1, 0.15) is 0 Å². The number of hydrazone groups is 1. The Morgan fingerprint density at radius 2 is 2.05 bits per heavy atom. The highest BCUT2D eigenvalue weighted by atomic mass is 16.2. The molecule has 0 aliphatic heterocycles. The number of amides is 1. The SMILES string of the molecule is C/C(Cc1ccccc1)=N/NC(=O)c1n[nH]c2c1CCCC2. The molecule has 3 rings (SSSR count). The molecule has 0 saturated carbocycles. The number of nitrogens with zero attached hydrogens (tertiary/aromatic N) is 2. The summed E-state index contributed by atoms with van der Waals surface area (Å²) in [4.78, 5) is 12.2. The topological polar surface area (TPSA) is 70.1 Å². The first-order chi connectivity index (χ1) is 10.7. The summed E-state index contributed by atoms with van der Waals surface area (Å²) < 4.78 is 0. The van der Waals surface area contributed by atoms with Crippen molar-refractivity contribution in [3.05, 3.63) is 52.8 Å². The second-order valence-corrected chi connectivity index (χ2v) is 5.69. The summed E-state index contributed by atoms with van der Waals surface area (Å²) in [5.74, 6) is -0.230. The van der Waals surface area contributed by atoms with Gasteiger partial charge in [0, 0.05) is 23.4 Å². The maximum Gasteiger partial charge on any atom is 0.292 e. The van der Waals surface area contributed by atoms with Crippen LogP contribution >= 0.6 is 0 Å². The summed E-state index contributed by atoms with van der Waals surface area (Å²) >= 11 is 0. The number of carbonyl (C=O) groups is 1. The number of aromatic nitrogens is 2. The fraction of sp³-hybridized carbons (Fsp3) is 0.353. The third kappa shape index (κ3) is 3.24. The Bertz CT molecular complexity index is 688. The van der Waals surface area contributed by atoms with Crippen LogP contribution in [0.2, 0.25) is 0 Å². The maximum absolute atomic E-state index is 12.2. The van der Waals surface area contributed by atoms with Crippen LogP contribution in [0, 0.1) is 0 Å². The Morgan fingerprint density at radius 1 is 1.27 bits per heavy atom. The Kier molecular flexibility index (Phi) is 4.32. The molecule has 0 saturated heterocycles. The summed E-state index contributed by atoms with van der Waals surface area (Å²) in [6.45, 7) is 1.91. The first kappa shape index (κ1) is 14.5. The van der Waals surface area contributed by atoms with E-state index in [0.717, 1.165) is 49.1 Å². The smallest absolute Gasteiger partial charge is 0.281 e. The van der Waals surface area contributed by atoms with E-state index < -0.39 is 0 Å². The number of benzene rings is 1. The number of aromatic amines is 1. The molecular weight excluding hydrogens is 276 g/mol. The first-order valence-electron chi connectivity index (χ1n) is 7.67. The highest BCUT2D eigenvalue weighted by Crippen LogP contribution is 2.21. The second kappa shape index (κ2) is 6.56. The average molecular weight is 296 g/mol. The van der Waals surface area contributed by atoms with Gasteiger partial charge in [0.2, 0.25) is 0 Å². The van der Waals surface area contributed by atoms with E-state index in [2.05, 4.69) is 20.7 Å². The van der Waals surface area contributed by atoms with Gasteiger partial charge in [-0.25, -0.2) is 5.43 Å². The van der Waals surface area contributed by atoms with Gasteiger partial charge in [0.05, 0.1) is 0 Å². The molecule has 0 atom stereocenters. The lowest BCUT2D eigenvalue weighted by atomic mass is 9.96. The van der Waals surface area contributed by atoms with Gasteiger partial charge in [-0.2, -0.15) is 10.2 Å². The van der Waals surface area contributed by atoms with Gasteiger partial charge in [-0.05, 0) is 38.2 Å². The molecular formula is C17H20N4O. The van der Waals surface area contributed by atoms with Gasteiger partial charge >= 0.3 is 0 Å². The number of H-pyrrole nitrogens is 1. The fourth-order valence-corrected chi connectivity index (χ4v) is 2.80. The molecule has 1 aromatic heterocycles. The zero-order valence-electron chi connectivity index (χ0n) is 12.7. The van der Waals surface area contributed by atoms with Crippen LogP contribution in [0.5, 0.6) is 0 Å². The molecule has 5 heteroatoms. The molecule has 0 bridgehead atoms. The maximum atomic E-state index is 12.2. The predicted octanol–water partition coefficient (Wildman–Crippen LogP) is 2.64. The van der Waals surface area contributed by atoms with Gasteiger partial charge in [-0.3, -0.25) is 9.89 Å². The minimum absolute atomic E-state index is 0.230. The summed E-state index contributed by atoms with van der Waals surface area (Å²) in [7, 11) is 0. The largest absolute Gasteiger partial charge is 0.292 e. The van der Waals surface area contributed by atoms with E-state index in [1.165, 1.54) is 5.56 Å². The van der Waals surface area contributed by atoms with Gasteiger partial charge < -0.3 is 0 Å². The molecule has 2 aromatic rings. The minimum Gasteiger partial charge on any atom is -0.281 e. The molecule has 114 valence electrons. The zero-order valence-corrected chi connectivity index (χ0v) is 12.7. The van der Waals surface area contributed by atoms with Crippen LogP contribution in [0.3, 0.4) is 0 Å². The first-order valence-corrected chi connectivity index (χ1v) is 7.67. The number of hydrogen-bond acceptors (Lipinski definition) is 3. The van der Waals surface area contributed by atoms with Crippen molar-refractivity contribution >= 4 is 11.6 Å². The molecule has 1 aliphatic rings. The Hall–Kier alpha value is -2.43. The highest BCUT2D eigenvalue weighted by Gasteiger charge is 2.21. The summed E-state index contributed by atoms with van der Waals surface area (Å²) in [5.41, 5.74) is 7.31. The molecule has 0 unspecified atom stereocenters. The lowest BCUT2D eigenvalue weighted by Crippen LogP contribution is -2.21. The number of fused-ring (bicyclic) bond motifs is 1. The van der Waals surface area contributed by atoms with E-state index in [9.17, 15) is 4.79 Å². The van der Waals surface area contributed by atoms with Gasteiger partial charge in [0.15, 0.2) is 5.69 Å². The number of rotatable bonds is 4. The fourth-order valence-electron chi connectivity index (χ4n) is 2.80. The van der Waals surface area contributed by atoms with E-state index in [0.29, 0.717) is 5.69 Å². The van der Waals surface area contributed by atoms with Crippen molar-refractivity contribution < 1.29 is 4.79 Å². The molecule has 0 radical (unpaired) electrons. The Balaban J connectivity index is 1.64. The number of carbonyl (C=O) groups excluding carboxylic acids is 1. The minimum atomic E-state index is -0.230. The van der Waals surface area contributed by atoms with Crippen LogP contribution in [0.1, 0.15) is 47.1 Å². The standard InChI is InChI=1S/C17H20N4O/c1-12(11-13-7-3-2-4-8-13)18-21-17(22)16-14-9-5-6-10-15(14)19-20-16/h2-4,7-8H,5-6,9-11H2,1H3,(H,19,20)(H,21,22)/b18-12-. The Labute approximate surface area is 129 Å². The molecule has 2 N–H and O–H groups in total. The monoisotopic (exact) mass is 296 g/mol. The van der Waals surface area contributed by atoms with Crippen molar-refractivity contribution in [3.63, 3.8) is 0 Å². The summed E-state index contributed by atoms with van der Waals surface area (Å²) in [5, 5.41) is 11.3. The van der Waals surface area contributed by atoms with Crippen LogP contribution in [0.25, 0.3) is 0 Å². The summed E-state index contributed by atoms with van der Waals surface area (Å²) in [6, 6.07) is 10.1. The third-order valence-electron chi connectivity index (χ3n) is 3.92. The summed E-state index contributed by atoms with van der Waals surface area (Å²) in [6.07, 6.45) is 4.89. The van der Waals surface area contributed by atoms with Crippen LogP contribution in [0.4, 0.5) is 0 Å². The molecule has 1 aliphatic carbocycles. The lowest BCUT2D eigenvalue weighted by molar-refractivity contribution is 0.0948. The van der Waals surface area contributed by atoms with Crippen molar-refractivity contribution in [2.45, 2.75) is 39.0 Å². The molecule has 1 aromatic carbocycles. The zero-order chi connectivity index (χ0) is 15.4. The van der Waals surface area contributed by atoms with Crippen molar-refractivity contribution in [3.8, 4) is 0 Å². The number of hydrogen-bond donors (Lipinski definition) is 2. The molecule has 0 fully saturated rings. The van der Waals surface area contributed by atoms with Gasteiger partial charge in [-0.1, -0.05) is 30.3 Å². The van der Waals surface area contributed by atoms with E-state index in [-0.39, 0.29) is 5.91 Å². The van der Waals surface area contributed by atoms with Gasteiger partial charge in [0.25, 0.3) is 5.91 Å². The lowest BCUT2D eigenvalue weighted by Gasteiger charge is -2.10. The average Bonchev–Trinajstić information content (AvgIpc) is 2.98. The van der Waals surface area contributed by atoms with Crippen LogP contribution in [-0.2, 0) is 19.3 Å². The van der Waals surface area contributed by atoms with Crippen LogP contribution in [-0.4, -0.2) is 21.8 Å². The van der Waals surface area contributed by atoms with Crippen molar-refractivity contribution in [2.24, 2.45) is 5.10 Å². The quantitative estimate of drug-likeness (QED) is 0.672. The normalized spacial score (nSPS) is 14.5. The van der Waals surface area contributed by atoms with Crippen molar-refractivity contribution in [1.29, 1.82) is 0 Å².